The van der Waals surface area contributed by atoms with Crippen molar-refractivity contribution in [2.45, 2.75) is 51.8 Å². The lowest BCUT2D eigenvalue weighted by Crippen LogP contribution is -2.30. The van der Waals surface area contributed by atoms with Gasteiger partial charge in [0.1, 0.15) is 0 Å². The van der Waals surface area contributed by atoms with E-state index in [-0.39, 0.29) is 0 Å². The molecular formula is C17H26N2O. The van der Waals surface area contributed by atoms with Crippen LogP contribution in [0.4, 0.5) is 5.69 Å². The van der Waals surface area contributed by atoms with Crippen molar-refractivity contribution in [3.63, 3.8) is 0 Å². The van der Waals surface area contributed by atoms with E-state index in [9.17, 15) is 0 Å². The summed E-state index contributed by atoms with van der Waals surface area (Å²) in [6.07, 6.45) is 4.15. The largest absolute Gasteiger partial charge is 0.377 e. The minimum absolute atomic E-state index is 0.328. The molecule has 1 unspecified atom stereocenters. The molecule has 0 bridgehead atoms. The highest BCUT2D eigenvalue weighted by Crippen LogP contribution is 2.23. The molecule has 3 nitrogen and oxygen atoms in total. The highest BCUT2D eigenvalue weighted by Gasteiger charge is 2.20. The summed E-state index contributed by atoms with van der Waals surface area (Å²) < 4.78 is 5.73. The summed E-state index contributed by atoms with van der Waals surface area (Å²) in [5.74, 6) is 0. The second kappa shape index (κ2) is 6.15. The predicted molar refractivity (Wildman–Crippen MR) is 83.3 cm³/mol. The second-order valence-electron chi connectivity index (χ2n) is 6.25. The van der Waals surface area contributed by atoms with E-state index in [0.717, 1.165) is 38.7 Å². The number of anilines is 1. The summed E-state index contributed by atoms with van der Waals surface area (Å²) >= 11 is 0. The fourth-order valence-electron chi connectivity index (χ4n) is 2.85. The van der Waals surface area contributed by atoms with Crippen LogP contribution >= 0.6 is 0 Å². The molecule has 1 saturated carbocycles. The topological polar surface area (TPSA) is 24.5 Å². The van der Waals surface area contributed by atoms with Crippen molar-refractivity contribution < 1.29 is 4.74 Å². The third-order valence-corrected chi connectivity index (χ3v) is 4.30. The van der Waals surface area contributed by atoms with E-state index in [1.807, 2.05) is 0 Å². The normalized spacial score (nSPS) is 23.7. The molecule has 1 N–H and O–H groups in total. The Kier molecular flexibility index (Phi) is 4.27. The average Bonchev–Trinajstić information content (AvgIpc) is 3.25. The molecule has 20 heavy (non-hydrogen) atoms. The number of rotatable bonds is 4. The van der Waals surface area contributed by atoms with Gasteiger partial charge < -0.3 is 15.0 Å². The van der Waals surface area contributed by atoms with Crippen LogP contribution in [0.25, 0.3) is 0 Å². The number of benzene rings is 1. The molecule has 1 aliphatic carbocycles. The molecule has 1 aliphatic heterocycles. The van der Waals surface area contributed by atoms with Gasteiger partial charge in [0, 0.05) is 38.0 Å². The summed E-state index contributed by atoms with van der Waals surface area (Å²) in [4.78, 5) is 2.46. The van der Waals surface area contributed by atoms with Gasteiger partial charge in [-0.15, -0.1) is 0 Å². The van der Waals surface area contributed by atoms with E-state index in [0.29, 0.717) is 6.10 Å². The van der Waals surface area contributed by atoms with Crippen LogP contribution in [0, 0.1) is 6.92 Å². The number of hydrogen-bond acceptors (Lipinski definition) is 3. The van der Waals surface area contributed by atoms with E-state index < -0.39 is 0 Å². The van der Waals surface area contributed by atoms with Gasteiger partial charge in [-0.1, -0.05) is 6.07 Å². The minimum Gasteiger partial charge on any atom is -0.377 e. The Morgan fingerprint density at radius 3 is 2.95 bits per heavy atom. The van der Waals surface area contributed by atoms with Crippen LogP contribution in [0.1, 0.15) is 37.3 Å². The highest BCUT2D eigenvalue weighted by atomic mass is 16.5. The van der Waals surface area contributed by atoms with Crippen molar-refractivity contribution in [1.29, 1.82) is 0 Å². The molecule has 2 fully saturated rings. The van der Waals surface area contributed by atoms with Crippen LogP contribution in [-0.2, 0) is 11.3 Å². The molecule has 0 amide bonds. The summed E-state index contributed by atoms with van der Waals surface area (Å²) in [7, 11) is 0. The third kappa shape index (κ3) is 3.53. The Morgan fingerprint density at radius 1 is 1.35 bits per heavy atom. The van der Waals surface area contributed by atoms with E-state index in [1.54, 1.807) is 0 Å². The van der Waals surface area contributed by atoms with Crippen molar-refractivity contribution in [2.75, 3.05) is 24.6 Å². The van der Waals surface area contributed by atoms with E-state index in [2.05, 4.69) is 42.3 Å². The number of nitrogens with one attached hydrogen (secondary N) is 1. The van der Waals surface area contributed by atoms with Crippen LogP contribution < -0.4 is 10.2 Å². The highest BCUT2D eigenvalue weighted by molar-refractivity contribution is 5.51. The van der Waals surface area contributed by atoms with E-state index >= 15 is 0 Å². The van der Waals surface area contributed by atoms with Gasteiger partial charge in [-0.3, -0.25) is 0 Å². The smallest absolute Gasteiger partial charge is 0.0721 e. The summed E-state index contributed by atoms with van der Waals surface area (Å²) in [6, 6.07) is 7.67. The number of hydrogen-bond donors (Lipinski definition) is 1. The summed E-state index contributed by atoms with van der Waals surface area (Å²) in [5.41, 5.74) is 4.17. The van der Waals surface area contributed by atoms with Crippen LogP contribution in [0.2, 0.25) is 0 Å². The first-order valence-corrected chi connectivity index (χ1v) is 7.92. The van der Waals surface area contributed by atoms with Gasteiger partial charge in [0.15, 0.2) is 0 Å². The number of aryl methyl sites for hydroxylation is 1. The minimum atomic E-state index is 0.328. The lowest BCUT2D eigenvalue weighted by Gasteiger charge is -2.25. The van der Waals surface area contributed by atoms with Crippen molar-refractivity contribution in [3.05, 3.63) is 29.3 Å². The van der Waals surface area contributed by atoms with Gasteiger partial charge in [0.05, 0.1) is 6.10 Å². The maximum atomic E-state index is 5.73. The monoisotopic (exact) mass is 274 g/mol. The van der Waals surface area contributed by atoms with Gasteiger partial charge in [-0.05, 0) is 56.4 Å². The number of nitrogens with zero attached hydrogens (tertiary/aromatic N) is 1. The summed E-state index contributed by atoms with van der Waals surface area (Å²) in [6.45, 7) is 8.39. The zero-order valence-electron chi connectivity index (χ0n) is 12.7. The molecule has 1 aromatic rings. The quantitative estimate of drug-likeness (QED) is 0.913. The van der Waals surface area contributed by atoms with Gasteiger partial charge >= 0.3 is 0 Å². The van der Waals surface area contributed by atoms with Crippen LogP contribution in [-0.4, -0.2) is 31.8 Å². The molecule has 2 aliphatic rings. The van der Waals surface area contributed by atoms with Gasteiger partial charge in [-0.2, -0.15) is 0 Å². The standard InChI is InChI=1S/C17H26N2O/c1-13-10-17(19-8-3-9-20-14(2)12-19)7-4-15(13)11-18-16-5-6-16/h4,7,10,14,16,18H,3,5-6,8-9,11-12H2,1-2H3. The molecule has 1 heterocycles. The second-order valence-corrected chi connectivity index (χ2v) is 6.25. The van der Waals surface area contributed by atoms with Crippen molar-refractivity contribution >= 4 is 5.69 Å². The van der Waals surface area contributed by atoms with E-state index in [1.165, 1.54) is 29.7 Å². The molecule has 0 radical (unpaired) electrons. The first-order valence-electron chi connectivity index (χ1n) is 7.92. The maximum Gasteiger partial charge on any atom is 0.0721 e. The molecule has 0 spiro atoms. The zero-order valence-corrected chi connectivity index (χ0v) is 12.7. The van der Waals surface area contributed by atoms with Crippen molar-refractivity contribution in [2.24, 2.45) is 0 Å². The van der Waals surface area contributed by atoms with E-state index in [4.69, 9.17) is 4.74 Å². The van der Waals surface area contributed by atoms with Gasteiger partial charge in [0.2, 0.25) is 0 Å². The van der Waals surface area contributed by atoms with Crippen LogP contribution in [0.3, 0.4) is 0 Å². The zero-order chi connectivity index (χ0) is 13.9. The molecule has 0 aromatic heterocycles. The lowest BCUT2D eigenvalue weighted by molar-refractivity contribution is 0.0821. The molecule has 110 valence electrons. The third-order valence-electron chi connectivity index (χ3n) is 4.30. The molecule has 1 aromatic carbocycles. The Labute approximate surface area is 122 Å². The summed E-state index contributed by atoms with van der Waals surface area (Å²) in [5, 5.41) is 3.60. The maximum absolute atomic E-state index is 5.73. The van der Waals surface area contributed by atoms with Crippen LogP contribution in [0.15, 0.2) is 18.2 Å². The Bertz CT molecular complexity index is 456. The Morgan fingerprint density at radius 2 is 2.20 bits per heavy atom. The first kappa shape index (κ1) is 13.9. The molecule has 3 rings (SSSR count). The van der Waals surface area contributed by atoms with Crippen molar-refractivity contribution in [3.8, 4) is 0 Å². The molecule has 1 saturated heterocycles. The average molecular weight is 274 g/mol. The predicted octanol–water partition coefficient (Wildman–Crippen LogP) is 2.86. The lowest BCUT2D eigenvalue weighted by atomic mass is 10.1. The molecular weight excluding hydrogens is 248 g/mol. The van der Waals surface area contributed by atoms with Gasteiger partial charge in [-0.25, -0.2) is 0 Å². The fraction of sp³-hybridized carbons (Fsp3) is 0.647. The van der Waals surface area contributed by atoms with Gasteiger partial charge in [0.25, 0.3) is 0 Å². The fourth-order valence-corrected chi connectivity index (χ4v) is 2.85. The Balaban J connectivity index is 1.67. The van der Waals surface area contributed by atoms with Crippen molar-refractivity contribution in [1.82, 2.24) is 5.32 Å². The molecule has 3 heteroatoms. The Hall–Kier alpha value is -1.06. The SMILES string of the molecule is Cc1cc(N2CCCOC(C)C2)ccc1CNC1CC1. The number of ether oxygens (including phenoxy) is 1. The first-order chi connectivity index (χ1) is 9.72. The van der Waals surface area contributed by atoms with Crippen LogP contribution in [0.5, 0.6) is 0 Å². The molecule has 1 atom stereocenters.